The minimum Gasteiger partial charge on any atom is -0.332 e. The molecular formula is C21H20N4O2. The molecule has 2 rings (SSSR count). The van der Waals surface area contributed by atoms with Gasteiger partial charge in [-0.15, -0.1) is 0 Å². The Labute approximate surface area is 158 Å². The Morgan fingerprint density at radius 2 is 1.41 bits per heavy atom. The molecule has 0 radical (unpaired) electrons. The van der Waals surface area contributed by atoms with Gasteiger partial charge in [-0.25, -0.2) is 0 Å². The van der Waals surface area contributed by atoms with Gasteiger partial charge in [-0.05, 0) is 49.2 Å². The van der Waals surface area contributed by atoms with Crippen molar-refractivity contribution in [2.45, 2.75) is 32.4 Å². The second-order valence-corrected chi connectivity index (χ2v) is 6.03. The van der Waals surface area contributed by atoms with Gasteiger partial charge in [0.25, 0.3) is 11.8 Å². The van der Waals surface area contributed by atoms with E-state index >= 15 is 0 Å². The molecule has 0 aliphatic carbocycles. The molecule has 0 saturated heterocycles. The summed E-state index contributed by atoms with van der Waals surface area (Å²) in [7, 11) is 0. The Morgan fingerprint density at radius 1 is 0.926 bits per heavy atom. The van der Waals surface area contributed by atoms with Crippen molar-refractivity contribution in [3.8, 4) is 12.1 Å². The van der Waals surface area contributed by atoms with Crippen molar-refractivity contribution >= 4 is 11.8 Å². The molecule has 2 aromatic rings. The summed E-state index contributed by atoms with van der Waals surface area (Å²) in [6.07, 6.45) is 1.75. The molecule has 0 aliphatic rings. The Bertz CT molecular complexity index is 837. The maximum atomic E-state index is 12.5. The van der Waals surface area contributed by atoms with E-state index in [1.54, 1.807) is 36.4 Å². The van der Waals surface area contributed by atoms with E-state index in [0.717, 1.165) is 12.8 Å². The fraction of sp³-hybridized carbons (Fsp3) is 0.238. The van der Waals surface area contributed by atoms with Crippen molar-refractivity contribution in [1.82, 2.24) is 10.6 Å². The second kappa shape index (κ2) is 9.74. The fourth-order valence-corrected chi connectivity index (χ4v) is 2.53. The van der Waals surface area contributed by atoms with Gasteiger partial charge < -0.3 is 10.6 Å². The van der Waals surface area contributed by atoms with Crippen LogP contribution >= 0.6 is 0 Å². The first-order valence-corrected chi connectivity index (χ1v) is 8.69. The Kier molecular flexibility index (Phi) is 7.10. The van der Waals surface area contributed by atoms with Gasteiger partial charge in [0.05, 0.1) is 23.3 Å². The lowest BCUT2D eigenvalue weighted by Crippen LogP contribution is -2.48. The number of carbonyl (C=O) groups excluding carboxylic acids is 2. The topological polar surface area (TPSA) is 106 Å². The van der Waals surface area contributed by atoms with Gasteiger partial charge in [-0.1, -0.05) is 25.5 Å². The van der Waals surface area contributed by atoms with Crippen LogP contribution in [-0.4, -0.2) is 18.0 Å². The Morgan fingerprint density at radius 3 is 1.81 bits per heavy atom. The van der Waals surface area contributed by atoms with Crippen LogP contribution in [0, 0.1) is 22.7 Å². The normalized spacial score (nSPS) is 9.93. The number of hydrogen-bond donors (Lipinski definition) is 2. The molecule has 0 unspecified atom stereocenters. The van der Waals surface area contributed by atoms with Crippen molar-refractivity contribution in [3.05, 3.63) is 70.8 Å². The zero-order valence-electron chi connectivity index (χ0n) is 15.0. The van der Waals surface area contributed by atoms with E-state index in [1.807, 2.05) is 19.1 Å². The van der Waals surface area contributed by atoms with Crippen LogP contribution in [0.1, 0.15) is 58.0 Å². The molecule has 0 heterocycles. The largest absolute Gasteiger partial charge is 0.332 e. The monoisotopic (exact) mass is 360 g/mol. The molecule has 2 amide bonds. The highest BCUT2D eigenvalue weighted by Gasteiger charge is 2.17. The molecule has 6 heteroatoms. The summed E-state index contributed by atoms with van der Waals surface area (Å²) in [6.45, 7) is 2.02. The molecule has 6 nitrogen and oxygen atoms in total. The summed E-state index contributed by atoms with van der Waals surface area (Å²) in [5.41, 5.74) is 1.50. The third-order valence-corrected chi connectivity index (χ3v) is 3.96. The number of rotatable bonds is 7. The minimum atomic E-state index is -0.554. The highest BCUT2D eigenvalue weighted by molar-refractivity contribution is 5.97. The maximum Gasteiger partial charge on any atom is 0.252 e. The predicted molar refractivity (Wildman–Crippen MR) is 101 cm³/mol. The maximum absolute atomic E-state index is 12.5. The molecule has 2 N–H and O–H groups in total. The highest BCUT2D eigenvalue weighted by Crippen LogP contribution is 2.08. The number of unbranched alkanes of at least 4 members (excludes halogenated alkanes) is 1. The summed E-state index contributed by atoms with van der Waals surface area (Å²) in [5, 5.41) is 23.5. The second-order valence-electron chi connectivity index (χ2n) is 6.03. The standard InChI is InChI=1S/C21H20N4O2/c1-2-3-10-19(24-20(26)17-8-4-6-15(11-17)13-22)25-21(27)18-9-5-7-16(12-18)14-23/h4-9,11-12,19H,2-3,10H2,1H3,(H,24,26)(H,25,27). The quantitative estimate of drug-likeness (QED) is 0.740. The van der Waals surface area contributed by atoms with Crippen LogP contribution in [0.2, 0.25) is 0 Å². The van der Waals surface area contributed by atoms with E-state index in [1.165, 1.54) is 12.1 Å². The zero-order chi connectivity index (χ0) is 19.6. The van der Waals surface area contributed by atoms with Gasteiger partial charge in [0.2, 0.25) is 0 Å². The van der Waals surface area contributed by atoms with Gasteiger partial charge >= 0.3 is 0 Å². The van der Waals surface area contributed by atoms with Crippen LogP contribution in [0.3, 0.4) is 0 Å². The molecule has 0 aliphatic heterocycles. The third-order valence-electron chi connectivity index (χ3n) is 3.96. The van der Waals surface area contributed by atoms with Crippen molar-refractivity contribution in [1.29, 1.82) is 10.5 Å². The molecule has 0 saturated carbocycles. The van der Waals surface area contributed by atoms with Crippen LogP contribution < -0.4 is 10.6 Å². The number of nitrogens with zero attached hydrogens (tertiary/aromatic N) is 2. The summed E-state index contributed by atoms with van der Waals surface area (Å²) in [4.78, 5) is 25.0. The molecule has 0 atom stereocenters. The van der Waals surface area contributed by atoms with Crippen molar-refractivity contribution in [2.75, 3.05) is 0 Å². The van der Waals surface area contributed by atoms with E-state index in [4.69, 9.17) is 10.5 Å². The van der Waals surface area contributed by atoms with Crippen LogP contribution in [0.15, 0.2) is 48.5 Å². The number of amides is 2. The lowest BCUT2D eigenvalue weighted by molar-refractivity contribution is 0.0879. The Balaban J connectivity index is 2.12. The van der Waals surface area contributed by atoms with E-state index in [0.29, 0.717) is 28.7 Å². The first-order valence-electron chi connectivity index (χ1n) is 8.69. The van der Waals surface area contributed by atoms with E-state index in [9.17, 15) is 9.59 Å². The van der Waals surface area contributed by atoms with Gasteiger partial charge in [0, 0.05) is 11.1 Å². The summed E-state index contributed by atoms with van der Waals surface area (Å²) < 4.78 is 0. The average Bonchev–Trinajstić information content (AvgIpc) is 2.71. The summed E-state index contributed by atoms with van der Waals surface area (Å²) >= 11 is 0. The highest BCUT2D eigenvalue weighted by atomic mass is 16.2. The predicted octanol–water partition coefficient (Wildman–Crippen LogP) is 3.11. The zero-order valence-corrected chi connectivity index (χ0v) is 15.0. The number of nitriles is 2. The smallest absolute Gasteiger partial charge is 0.252 e. The third kappa shape index (κ3) is 5.69. The first-order chi connectivity index (χ1) is 13.1. The number of nitrogens with one attached hydrogen (secondary N) is 2. The molecular weight excluding hydrogens is 340 g/mol. The van der Waals surface area contributed by atoms with E-state index in [-0.39, 0.29) is 11.8 Å². The van der Waals surface area contributed by atoms with E-state index in [2.05, 4.69) is 10.6 Å². The van der Waals surface area contributed by atoms with Crippen LogP contribution in [-0.2, 0) is 0 Å². The molecule has 136 valence electrons. The van der Waals surface area contributed by atoms with Crippen molar-refractivity contribution < 1.29 is 9.59 Å². The molecule has 0 spiro atoms. The number of carbonyl (C=O) groups is 2. The SMILES string of the molecule is CCCCC(NC(=O)c1cccc(C#N)c1)NC(=O)c1cccc(C#N)c1. The van der Waals surface area contributed by atoms with Gasteiger partial charge in [-0.3, -0.25) is 9.59 Å². The molecule has 0 bridgehead atoms. The van der Waals surface area contributed by atoms with Gasteiger partial charge in [0.1, 0.15) is 6.17 Å². The number of benzene rings is 2. The van der Waals surface area contributed by atoms with Crippen LogP contribution in [0.5, 0.6) is 0 Å². The molecule has 27 heavy (non-hydrogen) atoms. The lowest BCUT2D eigenvalue weighted by Gasteiger charge is -2.20. The van der Waals surface area contributed by atoms with Crippen LogP contribution in [0.4, 0.5) is 0 Å². The molecule has 2 aromatic carbocycles. The van der Waals surface area contributed by atoms with Gasteiger partial charge in [-0.2, -0.15) is 10.5 Å². The van der Waals surface area contributed by atoms with Crippen LogP contribution in [0.25, 0.3) is 0 Å². The fourth-order valence-electron chi connectivity index (χ4n) is 2.53. The molecule has 0 fully saturated rings. The van der Waals surface area contributed by atoms with E-state index < -0.39 is 6.17 Å². The van der Waals surface area contributed by atoms with Crippen molar-refractivity contribution in [2.24, 2.45) is 0 Å². The van der Waals surface area contributed by atoms with Crippen molar-refractivity contribution in [3.63, 3.8) is 0 Å². The number of hydrogen-bond acceptors (Lipinski definition) is 4. The first kappa shape index (κ1) is 19.7. The van der Waals surface area contributed by atoms with Gasteiger partial charge in [0.15, 0.2) is 0 Å². The Hall–Kier alpha value is -3.64. The lowest BCUT2D eigenvalue weighted by atomic mass is 10.1. The average molecular weight is 360 g/mol. The summed E-state index contributed by atoms with van der Waals surface area (Å²) in [6, 6.07) is 16.8. The summed E-state index contributed by atoms with van der Waals surface area (Å²) in [5.74, 6) is -0.724. The minimum absolute atomic E-state index is 0.358. The molecule has 0 aromatic heterocycles.